The molecule has 2 aromatic heterocycles. The Balaban J connectivity index is 0.000000406. The minimum atomic E-state index is -5.08. The summed E-state index contributed by atoms with van der Waals surface area (Å²) < 4.78 is 44.8. The summed E-state index contributed by atoms with van der Waals surface area (Å²) in [4.78, 5) is 41.5. The molecule has 0 unspecified atom stereocenters. The standard InChI is InChI=1S/C20H16FN3O2S.C2HF3O2/c1-12-10-15(6-8-22-12)23-19(25)18-11-16-17(27-18)7-9-24(16)20(26)13-2-4-14(21)5-3-13;3-2(4,5)1(6)7/h2-6,8,10-11H,7,9H2,1H3,(H,22,23,25);(H,6,7). The van der Waals surface area contributed by atoms with Crippen molar-refractivity contribution >= 4 is 40.5 Å². The second kappa shape index (κ2) is 10.00. The number of aliphatic carboxylic acids is 1. The topological polar surface area (TPSA) is 99.6 Å². The number of fused-ring (bicyclic) bond motifs is 1. The van der Waals surface area contributed by atoms with Gasteiger partial charge in [0.05, 0.1) is 10.6 Å². The number of pyridine rings is 1. The Morgan fingerprint density at radius 1 is 1.12 bits per heavy atom. The fourth-order valence-corrected chi connectivity index (χ4v) is 4.09. The van der Waals surface area contributed by atoms with Gasteiger partial charge in [-0.1, -0.05) is 0 Å². The molecule has 4 rings (SSSR count). The highest BCUT2D eigenvalue weighted by molar-refractivity contribution is 7.14. The molecule has 0 bridgehead atoms. The van der Waals surface area contributed by atoms with Crippen LogP contribution >= 0.6 is 11.3 Å². The van der Waals surface area contributed by atoms with E-state index in [1.54, 1.807) is 29.3 Å². The van der Waals surface area contributed by atoms with Crippen LogP contribution in [-0.4, -0.2) is 40.6 Å². The van der Waals surface area contributed by atoms with E-state index in [0.717, 1.165) is 16.3 Å². The summed E-state index contributed by atoms with van der Waals surface area (Å²) in [6.45, 7) is 2.41. The number of aromatic nitrogens is 1. The summed E-state index contributed by atoms with van der Waals surface area (Å²) in [6.07, 6.45) is -2.74. The van der Waals surface area contributed by atoms with E-state index in [9.17, 15) is 27.2 Å². The highest BCUT2D eigenvalue weighted by Gasteiger charge is 2.38. The summed E-state index contributed by atoms with van der Waals surface area (Å²) in [6, 6.07) is 10.8. The molecule has 1 aliphatic rings. The first-order valence-corrected chi connectivity index (χ1v) is 10.5. The van der Waals surface area contributed by atoms with Crippen LogP contribution < -0.4 is 10.2 Å². The molecule has 0 aliphatic carbocycles. The molecule has 34 heavy (non-hydrogen) atoms. The number of carboxylic acids is 1. The zero-order valence-electron chi connectivity index (χ0n) is 17.5. The van der Waals surface area contributed by atoms with Crippen molar-refractivity contribution in [3.8, 4) is 0 Å². The van der Waals surface area contributed by atoms with Crippen LogP contribution in [0, 0.1) is 12.7 Å². The van der Waals surface area contributed by atoms with E-state index < -0.39 is 12.1 Å². The van der Waals surface area contributed by atoms with Gasteiger partial charge < -0.3 is 15.3 Å². The van der Waals surface area contributed by atoms with Gasteiger partial charge in [-0.2, -0.15) is 13.2 Å². The van der Waals surface area contributed by atoms with Crippen LogP contribution in [0.5, 0.6) is 0 Å². The second-order valence-electron chi connectivity index (χ2n) is 7.08. The van der Waals surface area contributed by atoms with Gasteiger partial charge in [-0.05, 0) is 49.4 Å². The Kier molecular flexibility index (Phi) is 7.30. The molecule has 2 N–H and O–H groups in total. The number of anilines is 2. The van der Waals surface area contributed by atoms with Crippen LogP contribution in [0.4, 0.5) is 28.9 Å². The van der Waals surface area contributed by atoms with Gasteiger partial charge in [0.1, 0.15) is 5.82 Å². The fraction of sp³-hybridized carbons (Fsp3) is 0.182. The lowest BCUT2D eigenvalue weighted by Crippen LogP contribution is -2.28. The number of hydrogen-bond donors (Lipinski definition) is 2. The van der Waals surface area contributed by atoms with E-state index >= 15 is 0 Å². The van der Waals surface area contributed by atoms with Gasteiger partial charge in [0.15, 0.2) is 0 Å². The van der Waals surface area contributed by atoms with Gasteiger partial charge in [-0.3, -0.25) is 14.6 Å². The van der Waals surface area contributed by atoms with E-state index in [2.05, 4.69) is 10.3 Å². The molecular formula is C22H17F4N3O4S. The van der Waals surface area contributed by atoms with Gasteiger partial charge in [0, 0.05) is 41.0 Å². The summed E-state index contributed by atoms with van der Waals surface area (Å²) in [5, 5.41) is 9.98. The molecule has 0 radical (unpaired) electrons. The number of nitrogens with zero attached hydrogens (tertiary/aromatic N) is 2. The number of aryl methyl sites for hydroxylation is 1. The Labute approximate surface area is 194 Å². The van der Waals surface area contributed by atoms with Crippen molar-refractivity contribution < 1.29 is 37.1 Å². The second-order valence-corrected chi connectivity index (χ2v) is 8.21. The molecule has 0 spiro atoms. The molecule has 2 amide bonds. The van der Waals surface area contributed by atoms with Crippen molar-refractivity contribution in [3.05, 3.63) is 75.5 Å². The molecule has 1 aliphatic heterocycles. The minimum Gasteiger partial charge on any atom is -0.475 e. The van der Waals surface area contributed by atoms with E-state index in [1.165, 1.54) is 35.6 Å². The average Bonchev–Trinajstić information content (AvgIpc) is 3.34. The number of amides is 2. The number of carbonyl (C=O) groups is 3. The van der Waals surface area contributed by atoms with E-state index in [4.69, 9.17) is 9.90 Å². The number of nitrogens with one attached hydrogen (secondary N) is 1. The largest absolute Gasteiger partial charge is 0.490 e. The van der Waals surface area contributed by atoms with Crippen molar-refractivity contribution in [2.24, 2.45) is 0 Å². The third-order valence-corrected chi connectivity index (χ3v) is 5.78. The van der Waals surface area contributed by atoms with Crippen molar-refractivity contribution in [3.63, 3.8) is 0 Å². The molecule has 12 heteroatoms. The normalized spacial score (nSPS) is 12.4. The third-order valence-electron chi connectivity index (χ3n) is 4.60. The molecular weight excluding hydrogens is 478 g/mol. The van der Waals surface area contributed by atoms with E-state index in [-0.39, 0.29) is 17.6 Å². The lowest BCUT2D eigenvalue weighted by Gasteiger charge is -2.16. The van der Waals surface area contributed by atoms with Gasteiger partial charge in [0.2, 0.25) is 0 Å². The number of halogens is 4. The quantitative estimate of drug-likeness (QED) is 0.514. The predicted octanol–water partition coefficient (Wildman–Crippen LogP) is 4.68. The highest BCUT2D eigenvalue weighted by Crippen LogP contribution is 2.37. The SMILES string of the molecule is Cc1cc(NC(=O)c2cc3c(s2)CCN3C(=O)c2ccc(F)cc2)ccn1.O=C(O)C(F)(F)F. The third kappa shape index (κ3) is 5.95. The van der Waals surface area contributed by atoms with Crippen LogP contribution in [0.2, 0.25) is 0 Å². The average molecular weight is 495 g/mol. The summed E-state index contributed by atoms with van der Waals surface area (Å²) >= 11 is 1.39. The maximum absolute atomic E-state index is 13.1. The van der Waals surface area contributed by atoms with E-state index in [0.29, 0.717) is 29.1 Å². The first-order valence-electron chi connectivity index (χ1n) is 9.70. The maximum atomic E-state index is 13.1. The van der Waals surface area contributed by atoms with Crippen LogP contribution in [0.3, 0.4) is 0 Å². The molecule has 0 saturated carbocycles. The first kappa shape index (κ1) is 24.8. The lowest BCUT2D eigenvalue weighted by molar-refractivity contribution is -0.192. The van der Waals surface area contributed by atoms with Gasteiger partial charge in [-0.25, -0.2) is 9.18 Å². The maximum Gasteiger partial charge on any atom is 0.490 e. The molecule has 0 fully saturated rings. The Morgan fingerprint density at radius 2 is 1.76 bits per heavy atom. The highest BCUT2D eigenvalue weighted by atomic mass is 32.1. The molecule has 3 aromatic rings. The zero-order valence-corrected chi connectivity index (χ0v) is 18.3. The van der Waals surface area contributed by atoms with Crippen molar-refractivity contribution in [2.45, 2.75) is 19.5 Å². The van der Waals surface area contributed by atoms with Crippen LogP contribution in [0.1, 0.15) is 30.6 Å². The fourth-order valence-electron chi connectivity index (χ4n) is 3.05. The molecule has 3 heterocycles. The Hall–Kier alpha value is -3.80. The smallest absolute Gasteiger partial charge is 0.475 e. The van der Waals surface area contributed by atoms with E-state index in [1.807, 2.05) is 6.92 Å². The van der Waals surface area contributed by atoms with Crippen LogP contribution in [0.25, 0.3) is 0 Å². The molecule has 1 aromatic carbocycles. The van der Waals surface area contributed by atoms with Crippen molar-refractivity contribution in [1.82, 2.24) is 4.98 Å². The number of rotatable bonds is 3. The summed E-state index contributed by atoms with van der Waals surface area (Å²) in [5.41, 5.74) is 2.68. The number of hydrogen-bond acceptors (Lipinski definition) is 5. The molecule has 178 valence electrons. The summed E-state index contributed by atoms with van der Waals surface area (Å²) in [7, 11) is 0. The number of carbonyl (C=O) groups excluding carboxylic acids is 2. The first-order chi connectivity index (χ1) is 16.0. The monoisotopic (exact) mass is 495 g/mol. The molecule has 0 saturated heterocycles. The predicted molar refractivity (Wildman–Crippen MR) is 117 cm³/mol. The van der Waals surface area contributed by atoms with Gasteiger partial charge >= 0.3 is 12.1 Å². The number of benzene rings is 1. The zero-order chi connectivity index (χ0) is 25.0. The Bertz CT molecular complexity index is 1230. The number of alkyl halides is 3. The van der Waals surface area contributed by atoms with Gasteiger partial charge in [0.25, 0.3) is 11.8 Å². The van der Waals surface area contributed by atoms with Crippen molar-refractivity contribution in [1.29, 1.82) is 0 Å². The Morgan fingerprint density at radius 3 is 2.35 bits per heavy atom. The molecule has 0 atom stereocenters. The summed E-state index contributed by atoms with van der Waals surface area (Å²) in [5.74, 6) is -3.54. The minimum absolute atomic E-state index is 0.191. The molecule has 7 nitrogen and oxygen atoms in total. The van der Waals surface area contributed by atoms with Crippen LogP contribution in [0.15, 0.2) is 48.7 Å². The van der Waals surface area contributed by atoms with Gasteiger partial charge in [-0.15, -0.1) is 11.3 Å². The number of thiophene rings is 1. The lowest BCUT2D eigenvalue weighted by atomic mass is 10.2. The number of carboxylic acid groups (broad SMARTS) is 1. The van der Waals surface area contributed by atoms with Crippen molar-refractivity contribution in [2.75, 3.05) is 16.8 Å². The van der Waals surface area contributed by atoms with Crippen LogP contribution in [-0.2, 0) is 11.2 Å².